The number of carbonyl (C=O) groups excluding carboxylic acids is 1. The Morgan fingerprint density at radius 1 is 0.975 bits per heavy atom. The SMILES string of the molecule is COc1ccc(CNC(=O)c2nc(-c3ccc(OC)cc3)n(CC[C@@H](O)C[C@@H](O)CC(=O)O)c2C(C)C)cc1.[H-].[Na+]. The van der Waals surface area contributed by atoms with E-state index in [1.165, 1.54) is 0 Å². The van der Waals surface area contributed by atoms with Crippen LogP contribution in [0.4, 0.5) is 0 Å². The van der Waals surface area contributed by atoms with Gasteiger partial charge in [-0.3, -0.25) is 9.59 Å². The Morgan fingerprint density at radius 2 is 1.55 bits per heavy atom. The first-order valence-electron chi connectivity index (χ1n) is 12.9. The van der Waals surface area contributed by atoms with Gasteiger partial charge in [-0.05, 0) is 60.7 Å². The zero-order chi connectivity index (χ0) is 28.5. The monoisotopic (exact) mass is 563 g/mol. The topological polar surface area (TPSA) is 143 Å². The number of hydrogen-bond acceptors (Lipinski definition) is 7. The zero-order valence-corrected chi connectivity index (χ0v) is 25.8. The third-order valence-corrected chi connectivity index (χ3v) is 6.37. The summed E-state index contributed by atoms with van der Waals surface area (Å²) in [5.41, 5.74) is 2.69. The number of methoxy groups -OCH3 is 2. The molecule has 0 aliphatic heterocycles. The van der Waals surface area contributed by atoms with Crippen LogP contribution in [0.3, 0.4) is 0 Å². The molecule has 3 aromatic rings. The van der Waals surface area contributed by atoms with Crippen LogP contribution < -0.4 is 44.3 Å². The van der Waals surface area contributed by atoms with Crippen LogP contribution in [0.25, 0.3) is 11.4 Å². The predicted octanol–water partition coefficient (Wildman–Crippen LogP) is 0.714. The minimum Gasteiger partial charge on any atom is -1.00 e. The van der Waals surface area contributed by atoms with Crippen LogP contribution in [0.15, 0.2) is 48.5 Å². The number of nitrogens with zero attached hydrogens (tertiary/aromatic N) is 2. The number of aliphatic carboxylic acids is 1. The number of aliphatic hydroxyl groups is 2. The van der Waals surface area contributed by atoms with E-state index in [0.717, 1.165) is 16.9 Å². The van der Waals surface area contributed by atoms with Crippen molar-refractivity contribution in [3.05, 3.63) is 65.5 Å². The molecular weight excluding hydrogens is 525 g/mol. The molecule has 11 heteroatoms. The number of carbonyl (C=O) groups is 2. The standard InChI is InChI=1S/C29H37N3O7.Na.H/c1-18(2)27-26(29(37)30-17-19-5-9-23(38-3)10-6-19)31-28(20-7-11-24(39-4)12-8-20)32(27)14-13-21(33)15-22(34)16-25(35)36;;/h5-12,18,21-22,33-34H,13-17H2,1-4H3,(H,30,37)(H,35,36);;/q;+1;-1/t21-,22-;;/m1../s1. The molecule has 0 bridgehead atoms. The molecule has 1 heterocycles. The van der Waals surface area contributed by atoms with Crippen LogP contribution in [0.2, 0.25) is 0 Å². The van der Waals surface area contributed by atoms with Crippen LogP contribution in [-0.4, -0.2) is 63.2 Å². The van der Waals surface area contributed by atoms with Gasteiger partial charge >= 0.3 is 35.5 Å². The fourth-order valence-corrected chi connectivity index (χ4v) is 4.41. The van der Waals surface area contributed by atoms with Crippen molar-refractivity contribution in [2.24, 2.45) is 0 Å². The number of aromatic nitrogens is 2. The Hall–Kier alpha value is -2.89. The van der Waals surface area contributed by atoms with E-state index in [1.807, 2.05) is 66.9 Å². The molecule has 0 saturated carbocycles. The Labute approximate surface area is 258 Å². The van der Waals surface area contributed by atoms with E-state index in [1.54, 1.807) is 14.2 Å². The molecule has 10 nitrogen and oxygen atoms in total. The van der Waals surface area contributed by atoms with Gasteiger partial charge in [0.15, 0.2) is 0 Å². The van der Waals surface area contributed by atoms with Gasteiger partial charge in [-0.15, -0.1) is 0 Å². The molecule has 4 N–H and O–H groups in total. The summed E-state index contributed by atoms with van der Waals surface area (Å²) in [5.74, 6) is 0.461. The number of hydrogen-bond donors (Lipinski definition) is 4. The van der Waals surface area contributed by atoms with E-state index in [0.29, 0.717) is 36.1 Å². The number of carboxylic acid groups (broad SMARTS) is 1. The second-order valence-electron chi connectivity index (χ2n) is 9.66. The minimum atomic E-state index is -1.15. The first kappa shape index (κ1) is 33.3. The number of ether oxygens (including phenoxy) is 2. The van der Waals surface area contributed by atoms with Crippen molar-refractivity contribution in [3.8, 4) is 22.9 Å². The molecule has 0 unspecified atom stereocenters. The minimum absolute atomic E-state index is 0. The zero-order valence-electron chi connectivity index (χ0n) is 24.8. The summed E-state index contributed by atoms with van der Waals surface area (Å²) in [5, 5.41) is 32.3. The average Bonchev–Trinajstić information content (AvgIpc) is 3.30. The van der Waals surface area contributed by atoms with Gasteiger partial charge in [0.2, 0.25) is 0 Å². The van der Waals surface area contributed by atoms with Crippen LogP contribution >= 0.6 is 0 Å². The van der Waals surface area contributed by atoms with Gasteiger partial charge in [-0.25, -0.2) is 4.98 Å². The molecule has 0 saturated heterocycles. The van der Waals surface area contributed by atoms with E-state index in [2.05, 4.69) is 5.32 Å². The smallest absolute Gasteiger partial charge is 1.00 e. The number of nitrogens with one attached hydrogen (secondary N) is 1. The second kappa shape index (κ2) is 15.8. The summed E-state index contributed by atoms with van der Waals surface area (Å²) in [4.78, 5) is 29.0. The summed E-state index contributed by atoms with van der Waals surface area (Å²) < 4.78 is 12.4. The molecule has 0 radical (unpaired) electrons. The Kier molecular flexibility index (Phi) is 13.1. The fraction of sp³-hybridized carbons (Fsp3) is 0.414. The van der Waals surface area contributed by atoms with Crippen LogP contribution in [-0.2, 0) is 17.9 Å². The van der Waals surface area contributed by atoms with E-state index in [9.17, 15) is 19.8 Å². The number of aliphatic hydroxyl groups excluding tert-OH is 2. The van der Waals surface area contributed by atoms with Crippen LogP contribution in [0.5, 0.6) is 11.5 Å². The molecule has 0 spiro atoms. The van der Waals surface area contributed by atoms with E-state index >= 15 is 0 Å². The van der Waals surface area contributed by atoms with Gasteiger partial charge in [-0.1, -0.05) is 26.0 Å². The fourth-order valence-electron chi connectivity index (χ4n) is 4.41. The molecule has 0 fully saturated rings. The molecule has 1 amide bonds. The van der Waals surface area contributed by atoms with Crippen molar-refractivity contribution in [2.45, 2.75) is 64.3 Å². The van der Waals surface area contributed by atoms with Crippen molar-refractivity contribution in [3.63, 3.8) is 0 Å². The second-order valence-corrected chi connectivity index (χ2v) is 9.66. The van der Waals surface area contributed by atoms with Gasteiger partial charge < -0.3 is 36.1 Å². The first-order valence-corrected chi connectivity index (χ1v) is 12.9. The Morgan fingerprint density at radius 3 is 2.08 bits per heavy atom. The van der Waals surface area contributed by atoms with Crippen molar-refractivity contribution < 1.29 is 65.4 Å². The summed E-state index contributed by atoms with van der Waals surface area (Å²) in [6.07, 6.45) is -2.34. The van der Waals surface area contributed by atoms with Crippen LogP contribution in [0.1, 0.15) is 62.2 Å². The third kappa shape index (κ3) is 9.07. The van der Waals surface area contributed by atoms with Gasteiger partial charge in [-0.2, -0.15) is 0 Å². The van der Waals surface area contributed by atoms with Crippen LogP contribution in [0, 0.1) is 0 Å². The number of rotatable bonds is 14. The first-order chi connectivity index (χ1) is 18.6. The molecule has 1 aromatic heterocycles. The summed E-state index contributed by atoms with van der Waals surface area (Å²) in [6.45, 7) is 4.57. The van der Waals surface area contributed by atoms with Gasteiger partial charge in [0.1, 0.15) is 23.0 Å². The number of benzene rings is 2. The van der Waals surface area contributed by atoms with E-state index in [4.69, 9.17) is 19.6 Å². The Bertz CT molecular complexity index is 1250. The molecule has 2 aromatic carbocycles. The van der Waals surface area contributed by atoms with E-state index < -0.39 is 24.6 Å². The summed E-state index contributed by atoms with van der Waals surface area (Å²) in [7, 11) is 3.18. The molecule has 212 valence electrons. The molecule has 0 aliphatic rings. The van der Waals surface area contributed by atoms with Crippen molar-refractivity contribution in [2.75, 3.05) is 14.2 Å². The maximum absolute atomic E-state index is 13.4. The number of amides is 1. The largest absolute Gasteiger partial charge is 1.00 e. The van der Waals surface area contributed by atoms with Crippen molar-refractivity contribution >= 4 is 11.9 Å². The van der Waals surface area contributed by atoms with Crippen molar-refractivity contribution in [1.82, 2.24) is 14.9 Å². The maximum atomic E-state index is 13.4. The van der Waals surface area contributed by atoms with Gasteiger partial charge in [0.05, 0.1) is 38.5 Å². The normalized spacial score (nSPS) is 12.4. The molecular formula is C29H38N3NaO7. The van der Waals surface area contributed by atoms with Crippen molar-refractivity contribution in [1.29, 1.82) is 0 Å². The van der Waals surface area contributed by atoms with Gasteiger partial charge in [0, 0.05) is 18.7 Å². The van der Waals surface area contributed by atoms with E-state index in [-0.39, 0.29) is 55.7 Å². The molecule has 40 heavy (non-hydrogen) atoms. The molecule has 3 rings (SSSR count). The summed E-state index contributed by atoms with van der Waals surface area (Å²) >= 11 is 0. The number of imidazole rings is 1. The number of carboxylic acids is 1. The third-order valence-electron chi connectivity index (χ3n) is 6.37. The summed E-state index contributed by atoms with van der Waals surface area (Å²) in [6, 6.07) is 14.7. The molecule has 2 atom stereocenters. The van der Waals surface area contributed by atoms with Gasteiger partial charge in [0.25, 0.3) is 5.91 Å². The Balaban J connectivity index is 0.00000420. The predicted molar refractivity (Wildman–Crippen MR) is 147 cm³/mol. The molecule has 0 aliphatic carbocycles. The quantitative estimate of drug-likeness (QED) is 0.210. The average molecular weight is 564 g/mol. The maximum Gasteiger partial charge on any atom is 1.00 e.